The van der Waals surface area contributed by atoms with Gasteiger partial charge < -0.3 is 5.73 Å². The molecule has 0 spiro atoms. The molecule has 8 heteroatoms. The average molecular weight is 320 g/mol. The van der Waals surface area contributed by atoms with Crippen molar-refractivity contribution in [3.05, 3.63) is 29.3 Å². The summed E-state index contributed by atoms with van der Waals surface area (Å²) in [5.74, 6) is 0.281. The number of hydrogen-bond acceptors (Lipinski definition) is 4. The second-order valence-corrected chi connectivity index (χ2v) is 7.75. The molecule has 0 fully saturated rings. The number of benzene rings is 1. The molecular weight excluding hydrogens is 304 g/mol. The SMILES string of the molecule is Cc1cc(C(N)=S)ccc1S(=O)(=O)NCCS(C)=O. The maximum absolute atomic E-state index is 12.0. The Bertz CT molecular complexity index is 612. The molecule has 0 saturated carbocycles. The Kier molecular flexibility index (Phi) is 5.60. The van der Waals surface area contributed by atoms with Crippen LogP contribution in [0.25, 0.3) is 0 Å². The van der Waals surface area contributed by atoms with E-state index in [0.717, 1.165) is 0 Å². The molecular formula is C11H16N2O3S3. The minimum atomic E-state index is -3.60. The van der Waals surface area contributed by atoms with Crippen LogP contribution in [-0.4, -0.2) is 36.2 Å². The third kappa shape index (κ3) is 4.64. The molecule has 0 radical (unpaired) electrons. The summed E-state index contributed by atoms with van der Waals surface area (Å²) in [6.45, 7) is 1.82. The molecule has 0 aliphatic heterocycles. The Morgan fingerprint density at radius 1 is 1.47 bits per heavy atom. The van der Waals surface area contributed by atoms with Gasteiger partial charge >= 0.3 is 0 Å². The number of hydrogen-bond donors (Lipinski definition) is 2. The number of sulfonamides is 1. The zero-order chi connectivity index (χ0) is 14.6. The van der Waals surface area contributed by atoms with Crippen LogP contribution in [0.5, 0.6) is 0 Å². The van der Waals surface area contributed by atoms with Crippen molar-refractivity contribution in [2.24, 2.45) is 5.73 Å². The molecule has 0 heterocycles. The lowest BCUT2D eigenvalue weighted by atomic mass is 10.1. The van der Waals surface area contributed by atoms with E-state index in [1.54, 1.807) is 19.1 Å². The van der Waals surface area contributed by atoms with E-state index in [-0.39, 0.29) is 22.2 Å². The summed E-state index contributed by atoms with van der Waals surface area (Å²) in [5, 5.41) is 0. The first kappa shape index (κ1) is 16.2. The highest BCUT2D eigenvalue weighted by molar-refractivity contribution is 7.89. The molecule has 0 amide bonds. The van der Waals surface area contributed by atoms with Crippen molar-refractivity contribution in [3.63, 3.8) is 0 Å². The summed E-state index contributed by atoms with van der Waals surface area (Å²) < 4.78 is 37.4. The van der Waals surface area contributed by atoms with Crippen LogP contribution < -0.4 is 10.5 Å². The monoisotopic (exact) mass is 320 g/mol. The van der Waals surface area contributed by atoms with Gasteiger partial charge in [-0.3, -0.25) is 4.21 Å². The van der Waals surface area contributed by atoms with E-state index < -0.39 is 20.8 Å². The van der Waals surface area contributed by atoms with Crippen LogP contribution in [0.1, 0.15) is 11.1 Å². The summed E-state index contributed by atoms with van der Waals surface area (Å²) in [7, 11) is -4.63. The number of nitrogens with one attached hydrogen (secondary N) is 1. The van der Waals surface area contributed by atoms with Gasteiger partial charge in [-0.2, -0.15) is 0 Å². The molecule has 1 unspecified atom stereocenters. The van der Waals surface area contributed by atoms with Crippen molar-refractivity contribution < 1.29 is 12.6 Å². The molecule has 1 aromatic rings. The number of nitrogens with two attached hydrogens (primary N) is 1. The fourth-order valence-electron chi connectivity index (χ4n) is 1.50. The average Bonchev–Trinajstić information content (AvgIpc) is 2.27. The predicted molar refractivity (Wildman–Crippen MR) is 81.2 cm³/mol. The lowest BCUT2D eigenvalue weighted by Gasteiger charge is -2.10. The summed E-state index contributed by atoms with van der Waals surface area (Å²) in [5.41, 5.74) is 6.68. The maximum Gasteiger partial charge on any atom is 0.240 e. The van der Waals surface area contributed by atoms with E-state index in [0.29, 0.717) is 11.1 Å². The Morgan fingerprint density at radius 3 is 2.58 bits per heavy atom. The Labute approximate surface area is 121 Å². The van der Waals surface area contributed by atoms with Crippen molar-refractivity contribution in [2.45, 2.75) is 11.8 Å². The number of thiocarbonyl (C=S) groups is 1. The minimum absolute atomic E-state index is 0.141. The molecule has 0 aliphatic rings. The lowest BCUT2D eigenvalue weighted by Crippen LogP contribution is -2.28. The third-order valence-electron chi connectivity index (χ3n) is 2.43. The highest BCUT2D eigenvalue weighted by atomic mass is 32.2. The molecule has 0 aromatic heterocycles. The fourth-order valence-corrected chi connectivity index (χ4v) is 3.40. The molecule has 3 N–H and O–H groups in total. The van der Waals surface area contributed by atoms with Gasteiger partial charge in [0.2, 0.25) is 10.0 Å². The van der Waals surface area contributed by atoms with Crippen LogP contribution in [0.3, 0.4) is 0 Å². The van der Waals surface area contributed by atoms with Crippen LogP contribution in [0.4, 0.5) is 0 Å². The van der Waals surface area contributed by atoms with Crippen LogP contribution in [-0.2, 0) is 20.8 Å². The van der Waals surface area contributed by atoms with Gasteiger partial charge in [0, 0.05) is 34.9 Å². The molecule has 5 nitrogen and oxygen atoms in total. The van der Waals surface area contributed by atoms with E-state index in [1.807, 2.05) is 0 Å². The van der Waals surface area contributed by atoms with Crippen molar-refractivity contribution in [3.8, 4) is 0 Å². The molecule has 0 bridgehead atoms. The first-order valence-corrected chi connectivity index (χ1v) is 9.06. The molecule has 1 rings (SSSR count). The van der Waals surface area contributed by atoms with Gasteiger partial charge in [0.05, 0.1) is 4.90 Å². The maximum atomic E-state index is 12.0. The topological polar surface area (TPSA) is 89.3 Å². The second-order valence-electron chi connectivity index (χ2n) is 4.02. The zero-order valence-corrected chi connectivity index (χ0v) is 13.1. The summed E-state index contributed by atoms with van der Waals surface area (Å²) >= 11 is 4.84. The number of aryl methyl sites for hydroxylation is 1. The first-order chi connectivity index (χ1) is 8.74. The van der Waals surface area contributed by atoms with Crippen molar-refractivity contribution in [1.29, 1.82) is 0 Å². The van der Waals surface area contributed by atoms with Gasteiger partial charge in [0.15, 0.2) is 0 Å². The molecule has 0 saturated heterocycles. The van der Waals surface area contributed by atoms with Gasteiger partial charge in [-0.05, 0) is 24.6 Å². The van der Waals surface area contributed by atoms with E-state index in [4.69, 9.17) is 18.0 Å². The highest BCUT2D eigenvalue weighted by Crippen LogP contribution is 2.16. The molecule has 19 heavy (non-hydrogen) atoms. The molecule has 0 aliphatic carbocycles. The van der Waals surface area contributed by atoms with E-state index in [2.05, 4.69) is 4.72 Å². The minimum Gasteiger partial charge on any atom is -0.389 e. The summed E-state index contributed by atoms with van der Waals surface area (Å²) in [4.78, 5) is 0.399. The fraction of sp³-hybridized carbons (Fsp3) is 0.364. The van der Waals surface area contributed by atoms with Crippen molar-refractivity contribution in [2.75, 3.05) is 18.6 Å². The Morgan fingerprint density at radius 2 is 2.11 bits per heavy atom. The normalized spacial score (nSPS) is 13.2. The van der Waals surface area contributed by atoms with Crippen LogP contribution >= 0.6 is 12.2 Å². The van der Waals surface area contributed by atoms with Gasteiger partial charge in [0.25, 0.3) is 0 Å². The van der Waals surface area contributed by atoms with Gasteiger partial charge in [-0.15, -0.1) is 0 Å². The molecule has 1 atom stereocenters. The predicted octanol–water partition coefficient (Wildman–Crippen LogP) is 0.286. The van der Waals surface area contributed by atoms with Crippen LogP contribution in [0, 0.1) is 6.92 Å². The zero-order valence-electron chi connectivity index (χ0n) is 10.7. The van der Waals surface area contributed by atoms with Crippen molar-refractivity contribution in [1.82, 2.24) is 4.72 Å². The highest BCUT2D eigenvalue weighted by Gasteiger charge is 2.16. The van der Waals surface area contributed by atoms with E-state index in [1.165, 1.54) is 12.3 Å². The largest absolute Gasteiger partial charge is 0.389 e. The third-order valence-corrected chi connectivity index (χ3v) is 5.07. The standard InChI is InChI=1S/C11H16N2O3S3/c1-8-7-9(11(12)17)3-4-10(8)19(15,16)13-5-6-18(2)14/h3-4,7,13H,5-6H2,1-2H3,(H2,12,17). The van der Waals surface area contributed by atoms with Crippen LogP contribution in [0.15, 0.2) is 23.1 Å². The van der Waals surface area contributed by atoms with E-state index >= 15 is 0 Å². The quantitative estimate of drug-likeness (QED) is 0.735. The van der Waals surface area contributed by atoms with Gasteiger partial charge in [0.1, 0.15) is 4.99 Å². The van der Waals surface area contributed by atoms with Crippen molar-refractivity contribution >= 4 is 38.0 Å². The van der Waals surface area contributed by atoms with E-state index in [9.17, 15) is 12.6 Å². The number of rotatable bonds is 6. The summed E-state index contributed by atoms with van der Waals surface area (Å²) in [6, 6.07) is 4.67. The molecule has 1 aromatic carbocycles. The Balaban J connectivity index is 2.96. The smallest absolute Gasteiger partial charge is 0.240 e. The summed E-state index contributed by atoms with van der Waals surface area (Å²) in [6.07, 6.45) is 1.52. The van der Waals surface area contributed by atoms with Gasteiger partial charge in [-0.1, -0.05) is 18.3 Å². The Hall–Kier alpha value is -0.830. The second kappa shape index (κ2) is 6.56. The lowest BCUT2D eigenvalue weighted by molar-refractivity contribution is 0.583. The molecule has 106 valence electrons. The van der Waals surface area contributed by atoms with Gasteiger partial charge in [-0.25, -0.2) is 13.1 Å². The van der Waals surface area contributed by atoms with Crippen LogP contribution in [0.2, 0.25) is 0 Å². The first-order valence-electron chi connectivity index (χ1n) is 5.44.